The summed E-state index contributed by atoms with van der Waals surface area (Å²) in [4.78, 5) is 0. The van der Waals surface area contributed by atoms with E-state index >= 15 is 0 Å². The predicted octanol–water partition coefficient (Wildman–Crippen LogP) is 6.53. The van der Waals surface area contributed by atoms with Crippen molar-refractivity contribution in [2.24, 2.45) is 0 Å². The van der Waals surface area contributed by atoms with Gasteiger partial charge in [-0.05, 0) is 61.6 Å². The summed E-state index contributed by atoms with van der Waals surface area (Å²) in [6, 6.07) is 3.94. The van der Waals surface area contributed by atoms with Gasteiger partial charge in [-0.3, -0.25) is 0 Å². The van der Waals surface area contributed by atoms with Crippen LogP contribution in [0.15, 0.2) is 18.2 Å². The monoisotopic (exact) mass is 424 g/mol. The molecule has 0 saturated heterocycles. The van der Waals surface area contributed by atoms with Crippen molar-refractivity contribution < 1.29 is 9.47 Å². The van der Waals surface area contributed by atoms with Crippen molar-refractivity contribution in [1.29, 1.82) is 0 Å². The van der Waals surface area contributed by atoms with E-state index in [2.05, 4.69) is 60.4 Å². The third kappa shape index (κ3) is 12.1. The van der Waals surface area contributed by atoms with E-state index in [1.807, 2.05) is 38.1 Å². The maximum atomic E-state index is 6.06. The molecule has 0 spiro atoms. The highest BCUT2D eigenvalue weighted by atomic mass is 16.5. The number of allylic oxidation sites excluding steroid dienone is 1. The SMILES string of the molecule is C#CC#CC#CC#CC#COc1cc(/C=C/C)c(OCCCCCCCCCC)cc1C. The molecule has 164 valence electrons. The lowest BCUT2D eigenvalue weighted by atomic mass is 10.1. The van der Waals surface area contributed by atoms with E-state index in [0.717, 1.165) is 29.9 Å². The summed E-state index contributed by atoms with van der Waals surface area (Å²) in [6.45, 7) is 6.93. The van der Waals surface area contributed by atoms with Gasteiger partial charge in [-0.15, -0.1) is 6.42 Å². The molecule has 0 aliphatic heterocycles. The number of hydrogen-bond donors (Lipinski definition) is 0. The van der Waals surface area contributed by atoms with Gasteiger partial charge in [0.15, 0.2) is 0 Å². The molecule has 0 aliphatic rings. The van der Waals surface area contributed by atoms with Gasteiger partial charge in [0.2, 0.25) is 0 Å². The van der Waals surface area contributed by atoms with Crippen LogP contribution in [0.1, 0.15) is 76.3 Å². The molecule has 2 nitrogen and oxygen atoms in total. The van der Waals surface area contributed by atoms with Gasteiger partial charge in [-0.2, -0.15) is 0 Å². The fourth-order valence-electron chi connectivity index (χ4n) is 2.94. The molecule has 0 radical (unpaired) electrons. The summed E-state index contributed by atoms with van der Waals surface area (Å²) in [5.74, 6) is 21.4. The predicted molar refractivity (Wildman–Crippen MR) is 135 cm³/mol. The topological polar surface area (TPSA) is 18.5 Å². The highest BCUT2D eigenvalue weighted by Crippen LogP contribution is 2.30. The van der Waals surface area contributed by atoms with Crippen molar-refractivity contribution in [3.05, 3.63) is 29.3 Å². The standard InChI is InChI=1S/C30H32O2/c1-5-8-10-12-14-16-18-20-23-31-29-26-28(22-7-3)30(25-27(29)4)32-24-21-19-17-15-13-11-9-6-2/h1,7,22,25-26H,6,9,11,13,15,17,19,21,24H2,2-4H3/b22-7+. The van der Waals surface area contributed by atoms with Crippen molar-refractivity contribution in [1.82, 2.24) is 0 Å². The zero-order valence-corrected chi connectivity index (χ0v) is 19.6. The van der Waals surface area contributed by atoms with E-state index in [1.54, 1.807) is 0 Å². The Bertz CT molecular complexity index is 1020. The normalized spacial score (nSPS) is 9.06. The largest absolute Gasteiger partial charge is 0.493 e. The van der Waals surface area contributed by atoms with Crippen LogP contribution in [0.5, 0.6) is 11.5 Å². The first kappa shape index (κ1) is 26.4. The Balaban J connectivity index is 2.60. The molecule has 0 unspecified atom stereocenters. The van der Waals surface area contributed by atoms with E-state index in [9.17, 15) is 0 Å². The first-order valence-corrected chi connectivity index (χ1v) is 11.3. The molecule has 1 rings (SSSR count). The Hall–Kier alpha value is -3.64. The number of terminal acetylenes is 1. The van der Waals surface area contributed by atoms with Crippen LogP contribution < -0.4 is 9.47 Å². The van der Waals surface area contributed by atoms with Crippen LogP contribution in [-0.2, 0) is 0 Å². The fraction of sp³-hybridized carbons (Fsp3) is 0.400. The number of aryl methyl sites for hydroxylation is 1. The molecule has 1 aromatic carbocycles. The lowest BCUT2D eigenvalue weighted by Crippen LogP contribution is -2.00. The molecule has 0 fully saturated rings. The summed E-state index contributed by atoms with van der Waals surface area (Å²) in [6.07, 6.45) is 21.8. The van der Waals surface area contributed by atoms with Crippen LogP contribution in [0.4, 0.5) is 0 Å². The highest BCUT2D eigenvalue weighted by molar-refractivity contribution is 5.61. The quantitative estimate of drug-likeness (QED) is 0.280. The summed E-state index contributed by atoms with van der Waals surface area (Å²) in [5, 5.41) is 0. The van der Waals surface area contributed by atoms with Crippen molar-refractivity contribution in [2.75, 3.05) is 6.61 Å². The highest BCUT2D eigenvalue weighted by Gasteiger charge is 2.08. The van der Waals surface area contributed by atoms with E-state index in [1.165, 1.54) is 44.9 Å². The molecular weight excluding hydrogens is 392 g/mol. The molecule has 0 heterocycles. The van der Waals surface area contributed by atoms with Gasteiger partial charge in [-0.25, -0.2) is 0 Å². The molecule has 1 aromatic rings. The Kier molecular flexibility index (Phi) is 15.0. The molecule has 0 aromatic heterocycles. The maximum Gasteiger partial charge on any atom is 0.144 e. The van der Waals surface area contributed by atoms with Crippen molar-refractivity contribution in [3.8, 4) is 71.4 Å². The van der Waals surface area contributed by atoms with Crippen LogP contribution in [0.3, 0.4) is 0 Å². The maximum absolute atomic E-state index is 6.06. The lowest BCUT2D eigenvalue weighted by molar-refractivity contribution is 0.303. The van der Waals surface area contributed by atoms with E-state index in [0.29, 0.717) is 5.75 Å². The summed E-state index contributed by atoms with van der Waals surface area (Å²) >= 11 is 0. The van der Waals surface area contributed by atoms with Crippen LogP contribution in [0.25, 0.3) is 6.08 Å². The minimum absolute atomic E-state index is 0.679. The molecular formula is C30H32O2. The molecule has 0 bridgehead atoms. The van der Waals surface area contributed by atoms with Gasteiger partial charge >= 0.3 is 0 Å². The minimum atomic E-state index is 0.679. The van der Waals surface area contributed by atoms with Crippen LogP contribution >= 0.6 is 0 Å². The Labute approximate surface area is 195 Å². The van der Waals surface area contributed by atoms with E-state index in [4.69, 9.17) is 15.9 Å². The molecule has 0 atom stereocenters. The van der Waals surface area contributed by atoms with Gasteiger partial charge in [-0.1, -0.05) is 64.0 Å². The molecule has 0 saturated carbocycles. The van der Waals surface area contributed by atoms with Crippen molar-refractivity contribution in [3.63, 3.8) is 0 Å². The molecule has 0 N–H and O–H groups in total. The second-order valence-corrected chi connectivity index (χ2v) is 7.20. The third-order valence-electron chi connectivity index (χ3n) is 4.57. The number of ether oxygens (including phenoxy) is 2. The molecule has 0 aliphatic carbocycles. The Morgan fingerprint density at radius 3 is 2.09 bits per heavy atom. The Morgan fingerprint density at radius 2 is 1.44 bits per heavy atom. The smallest absolute Gasteiger partial charge is 0.144 e. The number of hydrogen-bond acceptors (Lipinski definition) is 2. The average Bonchev–Trinajstić information content (AvgIpc) is 2.79. The summed E-state index contributed by atoms with van der Waals surface area (Å²) in [5.41, 5.74) is 1.93. The second kappa shape index (κ2) is 18.2. The van der Waals surface area contributed by atoms with Gasteiger partial charge in [0, 0.05) is 29.2 Å². The van der Waals surface area contributed by atoms with Gasteiger partial charge in [0.1, 0.15) is 17.6 Å². The van der Waals surface area contributed by atoms with E-state index in [-0.39, 0.29) is 0 Å². The molecule has 2 heteroatoms. The lowest BCUT2D eigenvalue weighted by Gasteiger charge is -2.12. The summed E-state index contributed by atoms with van der Waals surface area (Å²) in [7, 11) is 0. The molecule has 0 amide bonds. The van der Waals surface area contributed by atoms with Gasteiger partial charge < -0.3 is 9.47 Å². The van der Waals surface area contributed by atoms with Crippen molar-refractivity contribution in [2.45, 2.75) is 72.1 Å². The van der Waals surface area contributed by atoms with Crippen LogP contribution in [0.2, 0.25) is 0 Å². The zero-order valence-electron chi connectivity index (χ0n) is 19.6. The number of rotatable bonds is 12. The van der Waals surface area contributed by atoms with E-state index < -0.39 is 0 Å². The molecule has 32 heavy (non-hydrogen) atoms. The Morgan fingerprint density at radius 1 is 0.812 bits per heavy atom. The van der Waals surface area contributed by atoms with Crippen molar-refractivity contribution >= 4 is 6.08 Å². The van der Waals surface area contributed by atoms with Gasteiger partial charge in [0.05, 0.1) is 6.61 Å². The fourth-order valence-corrected chi connectivity index (χ4v) is 2.94. The first-order chi connectivity index (χ1) is 15.7. The average molecular weight is 425 g/mol. The summed E-state index contributed by atoms with van der Waals surface area (Å²) < 4.78 is 11.6. The minimum Gasteiger partial charge on any atom is -0.493 e. The zero-order chi connectivity index (χ0) is 23.3. The van der Waals surface area contributed by atoms with Gasteiger partial charge in [0.25, 0.3) is 0 Å². The third-order valence-corrected chi connectivity index (χ3v) is 4.57. The first-order valence-electron chi connectivity index (χ1n) is 11.3. The van der Waals surface area contributed by atoms with Crippen LogP contribution in [-0.4, -0.2) is 6.61 Å². The van der Waals surface area contributed by atoms with Crippen LogP contribution in [0, 0.1) is 66.8 Å². The second-order valence-electron chi connectivity index (χ2n) is 7.20. The number of benzene rings is 1. The number of unbranched alkanes of at least 4 members (excludes halogenated alkanes) is 7.